The van der Waals surface area contributed by atoms with Crippen LogP contribution in [0.5, 0.6) is 0 Å². The average Bonchev–Trinajstić information content (AvgIpc) is 3.47. The van der Waals surface area contributed by atoms with Gasteiger partial charge in [0.15, 0.2) is 5.65 Å². The van der Waals surface area contributed by atoms with Crippen molar-refractivity contribution in [1.29, 1.82) is 0 Å². The summed E-state index contributed by atoms with van der Waals surface area (Å²) in [5.74, 6) is 2.58. The SMILES string of the molecule is Cc1nc2ncc(-c3c[nH]c4nc(NCc5ccc(N6CCN(C)CC6)nc5)ncc34)cc2n1C(C)C. The van der Waals surface area contributed by atoms with Gasteiger partial charge in [0, 0.05) is 80.1 Å². The number of nitrogens with zero attached hydrogens (tertiary/aromatic N) is 8. The Bertz CT molecular complexity index is 1540. The number of imidazole rings is 1. The Balaban J connectivity index is 1.18. The van der Waals surface area contributed by atoms with E-state index in [-0.39, 0.29) is 0 Å². The normalized spacial score (nSPS) is 14.8. The second kappa shape index (κ2) is 9.44. The fourth-order valence-electron chi connectivity index (χ4n) is 5.05. The molecule has 6 heterocycles. The number of hydrogen-bond donors (Lipinski definition) is 2. The lowest BCUT2D eigenvalue weighted by molar-refractivity contribution is 0.312. The molecule has 0 bridgehead atoms. The summed E-state index contributed by atoms with van der Waals surface area (Å²) in [6, 6.07) is 6.67. The molecule has 0 amide bonds. The molecule has 1 saturated heterocycles. The largest absolute Gasteiger partial charge is 0.354 e. The van der Waals surface area contributed by atoms with Crippen molar-refractivity contribution in [1.82, 2.24) is 39.4 Å². The molecule has 0 aromatic carbocycles. The van der Waals surface area contributed by atoms with E-state index in [4.69, 9.17) is 4.98 Å². The number of pyridine rings is 2. The first-order chi connectivity index (χ1) is 18.0. The van der Waals surface area contributed by atoms with Gasteiger partial charge in [-0.05, 0) is 45.5 Å². The van der Waals surface area contributed by atoms with Gasteiger partial charge >= 0.3 is 0 Å². The van der Waals surface area contributed by atoms with E-state index in [0.29, 0.717) is 18.5 Å². The van der Waals surface area contributed by atoms with E-state index >= 15 is 0 Å². The van der Waals surface area contributed by atoms with Gasteiger partial charge in [0.25, 0.3) is 0 Å². The summed E-state index contributed by atoms with van der Waals surface area (Å²) in [5.41, 5.74) is 5.70. The number of likely N-dealkylation sites (N-methyl/N-ethyl adjacent to an activating group) is 1. The van der Waals surface area contributed by atoms with Crippen LogP contribution >= 0.6 is 0 Å². The highest BCUT2D eigenvalue weighted by atomic mass is 15.3. The first kappa shape index (κ1) is 23.4. The van der Waals surface area contributed by atoms with Crippen LogP contribution < -0.4 is 10.2 Å². The number of aryl methyl sites for hydroxylation is 1. The summed E-state index contributed by atoms with van der Waals surface area (Å²) in [6.45, 7) is 11.1. The number of fused-ring (bicyclic) bond motifs is 2. The topological polar surface area (TPSA) is 104 Å². The Labute approximate surface area is 215 Å². The molecule has 10 heteroatoms. The van der Waals surface area contributed by atoms with Gasteiger partial charge in [-0.15, -0.1) is 0 Å². The molecule has 6 rings (SSSR count). The van der Waals surface area contributed by atoms with Crippen LogP contribution in [0.1, 0.15) is 31.3 Å². The second-order valence-electron chi connectivity index (χ2n) is 10.0. The molecule has 0 atom stereocenters. The van der Waals surface area contributed by atoms with Gasteiger partial charge in [0.2, 0.25) is 5.95 Å². The molecular weight excluding hydrogens is 464 g/mol. The van der Waals surface area contributed by atoms with E-state index in [1.165, 1.54) is 0 Å². The number of H-pyrrole nitrogens is 1. The molecule has 1 fully saturated rings. The van der Waals surface area contributed by atoms with Crippen LogP contribution in [0.4, 0.5) is 11.8 Å². The molecule has 1 aliphatic rings. The highest BCUT2D eigenvalue weighted by Crippen LogP contribution is 2.30. The van der Waals surface area contributed by atoms with Crippen LogP contribution in [-0.4, -0.2) is 72.6 Å². The maximum absolute atomic E-state index is 4.70. The number of aromatic amines is 1. The van der Waals surface area contributed by atoms with Crippen molar-refractivity contribution in [3.63, 3.8) is 0 Å². The molecule has 0 spiro atoms. The maximum Gasteiger partial charge on any atom is 0.224 e. The molecule has 1 aliphatic heterocycles. The van der Waals surface area contributed by atoms with Crippen molar-refractivity contribution in [2.45, 2.75) is 33.4 Å². The van der Waals surface area contributed by atoms with E-state index in [0.717, 1.165) is 76.7 Å². The second-order valence-corrected chi connectivity index (χ2v) is 10.0. The summed E-state index contributed by atoms with van der Waals surface area (Å²) in [4.78, 5) is 31.2. The zero-order valence-electron chi connectivity index (χ0n) is 21.7. The van der Waals surface area contributed by atoms with Crippen LogP contribution in [0.15, 0.2) is 43.0 Å². The quantitative estimate of drug-likeness (QED) is 0.363. The third kappa shape index (κ3) is 4.48. The Hall–Kier alpha value is -4.05. The molecule has 0 saturated carbocycles. The summed E-state index contributed by atoms with van der Waals surface area (Å²) < 4.78 is 2.21. The minimum absolute atomic E-state index is 0.306. The summed E-state index contributed by atoms with van der Waals surface area (Å²) in [5, 5.41) is 4.28. The number of hydrogen-bond acceptors (Lipinski definition) is 8. The van der Waals surface area contributed by atoms with Gasteiger partial charge < -0.3 is 24.7 Å². The van der Waals surface area contributed by atoms with Crippen molar-refractivity contribution in [2.24, 2.45) is 0 Å². The van der Waals surface area contributed by atoms with Crippen LogP contribution in [0.3, 0.4) is 0 Å². The third-order valence-corrected chi connectivity index (χ3v) is 7.07. The highest BCUT2D eigenvalue weighted by Gasteiger charge is 2.16. The predicted octanol–water partition coefficient (Wildman–Crippen LogP) is 4.02. The van der Waals surface area contributed by atoms with Gasteiger partial charge in [0.1, 0.15) is 17.3 Å². The zero-order chi connectivity index (χ0) is 25.5. The molecule has 10 nitrogen and oxygen atoms in total. The molecular formula is C27H32N10. The van der Waals surface area contributed by atoms with Gasteiger partial charge in [-0.25, -0.2) is 19.9 Å². The van der Waals surface area contributed by atoms with Crippen molar-refractivity contribution in [3.05, 3.63) is 54.4 Å². The molecule has 37 heavy (non-hydrogen) atoms. The minimum atomic E-state index is 0.306. The fourth-order valence-corrected chi connectivity index (χ4v) is 5.05. The van der Waals surface area contributed by atoms with Crippen LogP contribution in [0, 0.1) is 6.92 Å². The molecule has 0 radical (unpaired) electrons. The summed E-state index contributed by atoms with van der Waals surface area (Å²) in [6.07, 6.45) is 7.63. The summed E-state index contributed by atoms with van der Waals surface area (Å²) >= 11 is 0. The smallest absolute Gasteiger partial charge is 0.224 e. The standard InChI is InChI=1S/C27H32N10/c1-17(2)37-18(3)33-26-23(37)11-20(14-29-26)21-15-30-25-22(21)16-32-27(34-25)31-13-19-5-6-24(28-12-19)36-9-7-35(4)8-10-36/h5-6,11-12,14-17H,7-10,13H2,1-4H3,(H2,30,31,32,34). The first-order valence-electron chi connectivity index (χ1n) is 12.8. The molecule has 190 valence electrons. The monoisotopic (exact) mass is 496 g/mol. The van der Waals surface area contributed by atoms with Crippen LogP contribution in [-0.2, 0) is 6.54 Å². The lowest BCUT2D eigenvalue weighted by Crippen LogP contribution is -2.44. The zero-order valence-corrected chi connectivity index (χ0v) is 21.7. The number of rotatable bonds is 6. The average molecular weight is 497 g/mol. The lowest BCUT2D eigenvalue weighted by Gasteiger charge is -2.33. The van der Waals surface area contributed by atoms with E-state index in [9.17, 15) is 0 Å². The molecule has 2 N–H and O–H groups in total. The molecule has 0 unspecified atom stereocenters. The Morgan fingerprint density at radius 3 is 2.59 bits per heavy atom. The van der Waals surface area contributed by atoms with Crippen molar-refractivity contribution in [2.75, 3.05) is 43.4 Å². The van der Waals surface area contributed by atoms with E-state index in [2.05, 4.69) is 83.7 Å². The van der Waals surface area contributed by atoms with Crippen molar-refractivity contribution < 1.29 is 0 Å². The van der Waals surface area contributed by atoms with Gasteiger partial charge in [-0.1, -0.05) is 6.07 Å². The minimum Gasteiger partial charge on any atom is -0.354 e. The molecule has 5 aromatic heterocycles. The number of piperazine rings is 1. The number of nitrogens with one attached hydrogen (secondary N) is 2. The predicted molar refractivity (Wildman–Crippen MR) is 147 cm³/mol. The van der Waals surface area contributed by atoms with Crippen molar-refractivity contribution >= 4 is 34.0 Å². The van der Waals surface area contributed by atoms with Gasteiger partial charge in [0.05, 0.1) is 5.52 Å². The van der Waals surface area contributed by atoms with Crippen LogP contribution in [0.2, 0.25) is 0 Å². The maximum atomic E-state index is 4.70. The van der Waals surface area contributed by atoms with E-state index in [1.54, 1.807) is 0 Å². The summed E-state index contributed by atoms with van der Waals surface area (Å²) in [7, 11) is 2.16. The molecule has 0 aliphatic carbocycles. The highest BCUT2D eigenvalue weighted by molar-refractivity contribution is 5.95. The molecule has 5 aromatic rings. The van der Waals surface area contributed by atoms with E-state index < -0.39 is 0 Å². The Morgan fingerprint density at radius 2 is 1.84 bits per heavy atom. The van der Waals surface area contributed by atoms with Gasteiger partial charge in [-0.2, -0.15) is 4.98 Å². The Kier molecular flexibility index (Phi) is 5.96. The van der Waals surface area contributed by atoms with E-state index in [1.807, 2.05) is 31.7 Å². The lowest BCUT2D eigenvalue weighted by atomic mass is 10.1. The van der Waals surface area contributed by atoms with Gasteiger partial charge in [-0.3, -0.25) is 0 Å². The first-order valence-corrected chi connectivity index (χ1v) is 12.8. The number of aromatic nitrogens is 7. The van der Waals surface area contributed by atoms with Crippen LogP contribution in [0.25, 0.3) is 33.3 Å². The number of anilines is 2. The fraction of sp³-hybridized carbons (Fsp3) is 0.370. The Morgan fingerprint density at radius 1 is 1.00 bits per heavy atom. The van der Waals surface area contributed by atoms with Crippen molar-refractivity contribution in [3.8, 4) is 11.1 Å². The third-order valence-electron chi connectivity index (χ3n) is 7.07.